The second-order valence-corrected chi connectivity index (χ2v) is 3.97. The topological polar surface area (TPSA) is 55.4 Å². The third-order valence-electron chi connectivity index (χ3n) is 1.60. The maximum absolute atomic E-state index is 11.1. The van der Waals surface area contributed by atoms with Crippen LogP contribution in [0.3, 0.4) is 0 Å². The van der Waals surface area contributed by atoms with E-state index in [0.717, 1.165) is 0 Å². The van der Waals surface area contributed by atoms with Gasteiger partial charge in [-0.15, -0.1) is 0 Å². The molecule has 0 rings (SSSR count). The molecule has 14 heavy (non-hydrogen) atoms. The molecule has 0 aromatic rings. The number of hydrogen-bond acceptors (Lipinski definition) is 3. The Morgan fingerprint density at radius 2 is 1.79 bits per heavy atom. The largest absolute Gasteiger partial charge is 0.449 e. The molecule has 0 heterocycles. The number of ether oxygens (including phenoxy) is 1. The van der Waals surface area contributed by atoms with Crippen molar-refractivity contribution in [2.75, 3.05) is 13.2 Å². The zero-order valence-electron chi connectivity index (χ0n) is 9.29. The Balaban J connectivity index is 3.59. The highest BCUT2D eigenvalue weighted by Crippen LogP contribution is 1.94. The van der Waals surface area contributed by atoms with E-state index in [2.05, 4.69) is 5.32 Å². The summed E-state index contributed by atoms with van der Waals surface area (Å²) in [5.41, 5.74) is 0. The fraction of sp³-hybridized carbons (Fsp3) is 0.800. The van der Waals surface area contributed by atoms with Gasteiger partial charge in [-0.25, -0.2) is 4.79 Å². The summed E-state index contributed by atoms with van der Waals surface area (Å²) in [6.07, 6.45) is -0.521. The molecule has 0 fully saturated rings. The van der Waals surface area contributed by atoms with Crippen LogP contribution < -0.4 is 5.32 Å². The fourth-order valence-corrected chi connectivity index (χ4v) is 0.657. The highest BCUT2D eigenvalue weighted by molar-refractivity contribution is 5.85. The van der Waals surface area contributed by atoms with Crippen molar-refractivity contribution in [2.24, 2.45) is 11.8 Å². The number of ketones is 1. The molecular weight excluding hydrogens is 182 g/mol. The van der Waals surface area contributed by atoms with Crippen molar-refractivity contribution in [2.45, 2.75) is 27.7 Å². The molecule has 0 aliphatic rings. The highest BCUT2D eigenvalue weighted by atomic mass is 16.5. The van der Waals surface area contributed by atoms with E-state index >= 15 is 0 Å². The molecule has 0 aliphatic carbocycles. The van der Waals surface area contributed by atoms with Crippen LogP contribution in [-0.2, 0) is 9.53 Å². The van der Waals surface area contributed by atoms with E-state index in [1.54, 1.807) is 13.8 Å². The van der Waals surface area contributed by atoms with E-state index in [1.165, 1.54) is 0 Å². The maximum atomic E-state index is 11.1. The van der Waals surface area contributed by atoms with E-state index in [0.29, 0.717) is 12.5 Å². The Labute approximate surface area is 85.0 Å². The molecule has 0 saturated carbocycles. The van der Waals surface area contributed by atoms with Crippen molar-refractivity contribution < 1.29 is 14.3 Å². The van der Waals surface area contributed by atoms with Crippen molar-refractivity contribution in [3.05, 3.63) is 0 Å². The number of hydrogen-bond donors (Lipinski definition) is 1. The van der Waals surface area contributed by atoms with E-state index in [9.17, 15) is 9.59 Å². The smallest absolute Gasteiger partial charge is 0.407 e. The third-order valence-corrected chi connectivity index (χ3v) is 1.60. The maximum Gasteiger partial charge on any atom is 0.407 e. The van der Waals surface area contributed by atoms with Gasteiger partial charge in [-0.1, -0.05) is 27.7 Å². The lowest BCUT2D eigenvalue weighted by Crippen LogP contribution is -2.32. The van der Waals surface area contributed by atoms with Crippen LogP contribution >= 0.6 is 0 Å². The molecule has 0 aliphatic heterocycles. The van der Waals surface area contributed by atoms with Gasteiger partial charge < -0.3 is 10.1 Å². The molecule has 4 heteroatoms. The summed E-state index contributed by atoms with van der Waals surface area (Å²) in [5.74, 6) is 0.258. The predicted molar refractivity (Wildman–Crippen MR) is 54.0 cm³/mol. The van der Waals surface area contributed by atoms with Crippen molar-refractivity contribution in [3.63, 3.8) is 0 Å². The molecule has 1 amide bonds. The molecular formula is C10H19NO3. The van der Waals surface area contributed by atoms with Crippen molar-refractivity contribution >= 4 is 11.9 Å². The first-order chi connectivity index (χ1) is 6.43. The van der Waals surface area contributed by atoms with Gasteiger partial charge in [-0.2, -0.15) is 0 Å². The Hall–Kier alpha value is -1.06. The van der Waals surface area contributed by atoms with Crippen molar-refractivity contribution in [3.8, 4) is 0 Å². The number of carbonyl (C=O) groups is 2. The Bertz CT molecular complexity index is 200. The molecule has 0 bridgehead atoms. The number of alkyl carbamates (subject to hydrolysis) is 1. The highest BCUT2D eigenvalue weighted by Gasteiger charge is 2.09. The standard InChI is InChI=1S/C10H19NO3/c1-7(2)6-14-10(13)11-5-9(12)8(3)4/h7-8H,5-6H2,1-4H3,(H,11,13). The molecule has 0 aromatic heterocycles. The van der Waals surface area contributed by atoms with Gasteiger partial charge in [0, 0.05) is 5.92 Å². The summed E-state index contributed by atoms with van der Waals surface area (Å²) in [5, 5.41) is 2.41. The molecule has 4 nitrogen and oxygen atoms in total. The average molecular weight is 201 g/mol. The van der Waals surface area contributed by atoms with E-state index in [4.69, 9.17) is 4.74 Å². The summed E-state index contributed by atoms with van der Waals surface area (Å²) in [6.45, 7) is 7.92. The quantitative estimate of drug-likeness (QED) is 0.735. The minimum atomic E-state index is -0.521. The average Bonchev–Trinajstić information content (AvgIpc) is 2.10. The molecule has 1 N–H and O–H groups in total. The fourth-order valence-electron chi connectivity index (χ4n) is 0.657. The summed E-state index contributed by atoms with van der Waals surface area (Å²) in [4.78, 5) is 22.1. The van der Waals surface area contributed by atoms with Gasteiger partial charge in [0.25, 0.3) is 0 Å². The van der Waals surface area contributed by atoms with Crippen LogP contribution in [0, 0.1) is 11.8 Å². The molecule has 0 spiro atoms. The second-order valence-electron chi connectivity index (χ2n) is 3.97. The van der Waals surface area contributed by atoms with Crippen LogP contribution in [0.4, 0.5) is 4.79 Å². The molecule has 0 unspecified atom stereocenters. The predicted octanol–water partition coefficient (Wildman–Crippen LogP) is 1.59. The molecule has 0 atom stereocenters. The number of amides is 1. The normalized spacial score (nSPS) is 10.4. The lowest BCUT2D eigenvalue weighted by Gasteiger charge is -2.09. The van der Waals surface area contributed by atoms with Crippen LogP contribution in [0.15, 0.2) is 0 Å². The molecule has 82 valence electrons. The first-order valence-electron chi connectivity index (χ1n) is 4.86. The van der Waals surface area contributed by atoms with Crippen LogP contribution in [0.2, 0.25) is 0 Å². The van der Waals surface area contributed by atoms with Gasteiger partial charge in [0.2, 0.25) is 0 Å². The number of carbonyl (C=O) groups excluding carboxylic acids is 2. The first kappa shape index (κ1) is 12.9. The van der Waals surface area contributed by atoms with Crippen LogP contribution in [-0.4, -0.2) is 25.0 Å². The monoisotopic (exact) mass is 201 g/mol. The lowest BCUT2D eigenvalue weighted by atomic mass is 10.1. The number of nitrogens with one attached hydrogen (secondary N) is 1. The molecule has 0 radical (unpaired) electrons. The van der Waals surface area contributed by atoms with Crippen LogP contribution in [0.5, 0.6) is 0 Å². The van der Waals surface area contributed by atoms with Gasteiger partial charge in [-0.05, 0) is 5.92 Å². The minimum Gasteiger partial charge on any atom is -0.449 e. The van der Waals surface area contributed by atoms with Gasteiger partial charge in [0.05, 0.1) is 13.2 Å². The van der Waals surface area contributed by atoms with E-state index in [-0.39, 0.29) is 18.2 Å². The Morgan fingerprint density at radius 3 is 2.21 bits per heavy atom. The van der Waals surface area contributed by atoms with Crippen LogP contribution in [0.1, 0.15) is 27.7 Å². The summed E-state index contributed by atoms with van der Waals surface area (Å²) in [7, 11) is 0. The molecule has 0 saturated heterocycles. The SMILES string of the molecule is CC(C)COC(=O)NCC(=O)C(C)C. The van der Waals surface area contributed by atoms with Gasteiger partial charge >= 0.3 is 6.09 Å². The van der Waals surface area contributed by atoms with E-state index in [1.807, 2.05) is 13.8 Å². The zero-order chi connectivity index (χ0) is 11.1. The Morgan fingerprint density at radius 1 is 1.21 bits per heavy atom. The zero-order valence-corrected chi connectivity index (χ0v) is 9.29. The van der Waals surface area contributed by atoms with Crippen LogP contribution in [0.25, 0.3) is 0 Å². The summed E-state index contributed by atoms with van der Waals surface area (Å²) in [6, 6.07) is 0. The number of Topliss-reactive ketones (excluding diaryl/α,β-unsaturated/α-hetero) is 1. The first-order valence-corrected chi connectivity index (χ1v) is 4.86. The lowest BCUT2D eigenvalue weighted by molar-refractivity contribution is -0.120. The molecule has 0 aromatic carbocycles. The van der Waals surface area contributed by atoms with E-state index < -0.39 is 6.09 Å². The second kappa shape index (κ2) is 6.40. The summed E-state index contributed by atoms with van der Waals surface area (Å²) < 4.78 is 4.83. The summed E-state index contributed by atoms with van der Waals surface area (Å²) >= 11 is 0. The Kier molecular flexibility index (Phi) is 5.92. The van der Waals surface area contributed by atoms with Gasteiger partial charge in [0.15, 0.2) is 5.78 Å². The third kappa shape index (κ3) is 6.46. The van der Waals surface area contributed by atoms with Gasteiger partial charge in [-0.3, -0.25) is 4.79 Å². The van der Waals surface area contributed by atoms with Crippen molar-refractivity contribution in [1.29, 1.82) is 0 Å². The van der Waals surface area contributed by atoms with Gasteiger partial charge in [0.1, 0.15) is 0 Å². The number of rotatable bonds is 5. The van der Waals surface area contributed by atoms with Crippen molar-refractivity contribution in [1.82, 2.24) is 5.32 Å². The minimum absolute atomic E-state index is 0.00602.